The number of ether oxygens (including phenoxy) is 2. The molecule has 3 N–H and O–H groups in total. The standard InChI is InChI=1S/C15H20N2O5S/c1-21-14(19)9-6-10(15(20)22-2)8-11(7-9)17-13(18)12(16)4-5-23-3/h6-8,12H,4-5,16H2,1-3H3,(H,17,18)/t12-/m0/s1. The van der Waals surface area contributed by atoms with Gasteiger partial charge in [-0.15, -0.1) is 0 Å². The van der Waals surface area contributed by atoms with E-state index in [9.17, 15) is 14.4 Å². The van der Waals surface area contributed by atoms with Gasteiger partial charge in [-0.05, 0) is 36.6 Å². The molecule has 1 rings (SSSR count). The van der Waals surface area contributed by atoms with Crippen molar-refractivity contribution in [2.45, 2.75) is 12.5 Å². The van der Waals surface area contributed by atoms with Crippen molar-refractivity contribution in [2.75, 3.05) is 31.5 Å². The van der Waals surface area contributed by atoms with Crippen LogP contribution in [-0.4, -0.2) is 50.1 Å². The summed E-state index contributed by atoms with van der Waals surface area (Å²) in [5.74, 6) is -0.891. The summed E-state index contributed by atoms with van der Waals surface area (Å²) in [6, 6.07) is 3.49. The van der Waals surface area contributed by atoms with Crippen molar-refractivity contribution in [2.24, 2.45) is 5.73 Å². The third kappa shape index (κ3) is 5.57. The van der Waals surface area contributed by atoms with Crippen LogP contribution in [0.3, 0.4) is 0 Å². The zero-order chi connectivity index (χ0) is 17.4. The van der Waals surface area contributed by atoms with Crippen LogP contribution in [0.4, 0.5) is 5.69 Å². The summed E-state index contributed by atoms with van der Waals surface area (Å²) >= 11 is 1.59. The van der Waals surface area contributed by atoms with Crippen LogP contribution in [0.15, 0.2) is 18.2 Å². The lowest BCUT2D eigenvalue weighted by molar-refractivity contribution is -0.117. The molecule has 1 atom stereocenters. The number of rotatable bonds is 7. The maximum Gasteiger partial charge on any atom is 0.337 e. The van der Waals surface area contributed by atoms with Crippen molar-refractivity contribution in [1.29, 1.82) is 0 Å². The summed E-state index contributed by atoms with van der Waals surface area (Å²) < 4.78 is 9.27. The van der Waals surface area contributed by atoms with E-state index >= 15 is 0 Å². The van der Waals surface area contributed by atoms with Gasteiger partial charge in [0.1, 0.15) is 0 Å². The number of methoxy groups -OCH3 is 2. The number of hydrogen-bond acceptors (Lipinski definition) is 7. The molecule has 1 amide bonds. The molecule has 0 aliphatic rings. The maximum absolute atomic E-state index is 12.0. The van der Waals surface area contributed by atoms with E-state index in [4.69, 9.17) is 5.73 Å². The van der Waals surface area contributed by atoms with E-state index in [1.165, 1.54) is 32.4 Å². The average Bonchev–Trinajstić information content (AvgIpc) is 2.57. The molecule has 0 unspecified atom stereocenters. The second-order valence-corrected chi connectivity index (χ2v) is 5.65. The van der Waals surface area contributed by atoms with Gasteiger partial charge < -0.3 is 20.5 Å². The largest absolute Gasteiger partial charge is 0.465 e. The molecule has 1 aromatic rings. The number of anilines is 1. The number of nitrogens with two attached hydrogens (primary N) is 1. The van der Waals surface area contributed by atoms with Crippen molar-refractivity contribution >= 4 is 35.3 Å². The third-order valence-corrected chi connectivity index (χ3v) is 3.66. The summed E-state index contributed by atoms with van der Waals surface area (Å²) in [7, 11) is 2.45. The van der Waals surface area contributed by atoms with Gasteiger partial charge in [0.05, 0.1) is 31.4 Å². The van der Waals surface area contributed by atoms with E-state index in [1.807, 2.05) is 6.26 Å². The monoisotopic (exact) mass is 340 g/mol. The number of carbonyl (C=O) groups excluding carboxylic acids is 3. The predicted molar refractivity (Wildman–Crippen MR) is 88.7 cm³/mol. The van der Waals surface area contributed by atoms with Crippen LogP contribution < -0.4 is 11.1 Å². The average molecular weight is 340 g/mol. The minimum absolute atomic E-state index is 0.128. The molecule has 0 saturated heterocycles. The van der Waals surface area contributed by atoms with E-state index < -0.39 is 23.9 Å². The molecule has 1 aromatic carbocycles. The van der Waals surface area contributed by atoms with Gasteiger partial charge in [0.15, 0.2) is 0 Å². The van der Waals surface area contributed by atoms with E-state index in [1.54, 1.807) is 11.8 Å². The molecular weight excluding hydrogens is 320 g/mol. The molecular formula is C15H20N2O5S. The normalized spacial score (nSPS) is 11.5. The number of benzene rings is 1. The highest BCUT2D eigenvalue weighted by Crippen LogP contribution is 2.17. The molecule has 0 radical (unpaired) electrons. The molecule has 7 nitrogen and oxygen atoms in total. The molecule has 0 aliphatic heterocycles. The second kappa shape index (κ2) is 9.16. The Kier molecular flexibility index (Phi) is 7.56. The summed E-state index contributed by atoms with van der Waals surface area (Å²) in [5.41, 5.74) is 6.32. The molecule has 0 fully saturated rings. The first-order valence-electron chi connectivity index (χ1n) is 6.80. The Morgan fingerprint density at radius 2 is 1.65 bits per heavy atom. The topological polar surface area (TPSA) is 108 Å². The van der Waals surface area contributed by atoms with Crippen molar-refractivity contribution in [3.05, 3.63) is 29.3 Å². The lowest BCUT2D eigenvalue weighted by Crippen LogP contribution is -2.36. The number of amides is 1. The first-order valence-corrected chi connectivity index (χ1v) is 8.19. The highest BCUT2D eigenvalue weighted by Gasteiger charge is 2.17. The van der Waals surface area contributed by atoms with Crippen LogP contribution in [0, 0.1) is 0 Å². The number of esters is 2. The number of thioether (sulfide) groups is 1. The third-order valence-electron chi connectivity index (χ3n) is 3.01. The second-order valence-electron chi connectivity index (χ2n) is 4.66. The van der Waals surface area contributed by atoms with Crippen LogP contribution in [0.5, 0.6) is 0 Å². The fourth-order valence-electron chi connectivity index (χ4n) is 1.78. The van der Waals surface area contributed by atoms with Crippen molar-refractivity contribution in [3.63, 3.8) is 0 Å². The predicted octanol–water partition coefficient (Wildman–Crippen LogP) is 1.28. The van der Waals surface area contributed by atoms with Gasteiger partial charge >= 0.3 is 11.9 Å². The van der Waals surface area contributed by atoms with Crippen molar-refractivity contribution < 1.29 is 23.9 Å². The van der Waals surface area contributed by atoms with Crippen molar-refractivity contribution in [1.82, 2.24) is 0 Å². The molecule has 126 valence electrons. The van der Waals surface area contributed by atoms with Crippen LogP contribution in [0.2, 0.25) is 0 Å². The Labute approximate surface area is 138 Å². The quantitative estimate of drug-likeness (QED) is 0.720. The fraction of sp³-hybridized carbons (Fsp3) is 0.400. The van der Waals surface area contributed by atoms with Gasteiger partial charge in [-0.3, -0.25) is 4.79 Å². The van der Waals surface area contributed by atoms with E-state index in [0.29, 0.717) is 6.42 Å². The summed E-state index contributed by atoms with van der Waals surface area (Å²) in [6.45, 7) is 0. The first kappa shape index (κ1) is 19.0. The van der Waals surface area contributed by atoms with Gasteiger partial charge in [-0.25, -0.2) is 9.59 Å². The Hall–Kier alpha value is -2.06. The molecule has 0 aliphatic carbocycles. The minimum atomic E-state index is -0.675. The highest BCUT2D eigenvalue weighted by atomic mass is 32.2. The van der Waals surface area contributed by atoms with Gasteiger partial charge in [0.25, 0.3) is 0 Å². The van der Waals surface area contributed by atoms with Crippen LogP contribution >= 0.6 is 11.8 Å². The SMILES string of the molecule is COC(=O)c1cc(NC(=O)[C@@H](N)CCSC)cc(C(=O)OC)c1. The Morgan fingerprint density at radius 3 is 2.09 bits per heavy atom. The Bertz CT molecular complexity index is 557. The zero-order valence-corrected chi connectivity index (χ0v) is 14.1. The van der Waals surface area contributed by atoms with Gasteiger partial charge in [0.2, 0.25) is 5.91 Å². The molecule has 23 heavy (non-hydrogen) atoms. The van der Waals surface area contributed by atoms with Crippen LogP contribution in [-0.2, 0) is 14.3 Å². The molecule has 0 saturated carbocycles. The molecule has 0 spiro atoms. The van der Waals surface area contributed by atoms with Crippen LogP contribution in [0.25, 0.3) is 0 Å². The number of nitrogens with one attached hydrogen (secondary N) is 1. The zero-order valence-electron chi connectivity index (χ0n) is 13.3. The minimum Gasteiger partial charge on any atom is -0.465 e. The molecule has 8 heteroatoms. The molecule has 0 heterocycles. The van der Waals surface area contributed by atoms with Gasteiger partial charge in [-0.2, -0.15) is 11.8 Å². The Morgan fingerprint density at radius 1 is 1.13 bits per heavy atom. The smallest absolute Gasteiger partial charge is 0.337 e. The summed E-state index contributed by atoms with van der Waals surface area (Å²) in [6.07, 6.45) is 2.45. The maximum atomic E-state index is 12.0. The van der Waals surface area contributed by atoms with Gasteiger partial charge in [-0.1, -0.05) is 0 Å². The Balaban J connectivity index is 3.02. The van der Waals surface area contributed by atoms with E-state index in [2.05, 4.69) is 14.8 Å². The summed E-state index contributed by atoms with van der Waals surface area (Å²) in [4.78, 5) is 35.4. The van der Waals surface area contributed by atoms with Gasteiger partial charge in [0, 0.05) is 5.69 Å². The van der Waals surface area contributed by atoms with E-state index in [0.717, 1.165) is 5.75 Å². The number of hydrogen-bond donors (Lipinski definition) is 2. The highest BCUT2D eigenvalue weighted by molar-refractivity contribution is 7.98. The first-order chi connectivity index (χ1) is 10.9. The lowest BCUT2D eigenvalue weighted by atomic mass is 10.1. The van der Waals surface area contributed by atoms with Crippen molar-refractivity contribution in [3.8, 4) is 0 Å². The summed E-state index contributed by atoms with van der Waals surface area (Å²) in [5, 5.41) is 2.60. The van der Waals surface area contributed by atoms with Crippen LogP contribution in [0.1, 0.15) is 27.1 Å². The molecule has 0 bridgehead atoms. The lowest BCUT2D eigenvalue weighted by Gasteiger charge is -2.13. The number of carbonyl (C=O) groups is 3. The fourth-order valence-corrected chi connectivity index (χ4v) is 2.27. The molecule has 0 aromatic heterocycles. The van der Waals surface area contributed by atoms with E-state index in [-0.39, 0.29) is 16.8 Å².